The van der Waals surface area contributed by atoms with Gasteiger partial charge in [0.15, 0.2) is 0 Å². The number of aromatic carboxylic acids is 1. The van der Waals surface area contributed by atoms with Gasteiger partial charge in [0.25, 0.3) is 0 Å². The Morgan fingerprint density at radius 2 is 2.00 bits per heavy atom. The van der Waals surface area contributed by atoms with Crippen LogP contribution >= 0.6 is 0 Å². The highest BCUT2D eigenvalue weighted by Crippen LogP contribution is 2.11. The van der Waals surface area contributed by atoms with E-state index in [2.05, 4.69) is 10.6 Å². The number of carbonyl (C=O) groups excluding carboxylic acids is 2. The Kier molecular flexibility index (Phi) is 6.19. The number of nitrogens with zero attached hydrogens (tertiary/aromatic N) is 1. The Bertz CT molecular complexity index is 531. The topological polar surface area (TPSA) is 98.7 Å². The summed E-state index contributed by atoms with van der Waals surface area (Å²) in [5, 5.41) is 14.0. The van der Waals surface area contributed by atoms with Crippen molar-refractivity contribution in [3.8, 4) is 0 Å². The molecule has 7 heteroatoms. The van der Waals surface area contributed by atoms with E-state index in [-0.39, 0.29) is 18.0 Å². The van der Waals surface area contributed by atoms with Crippen LogP contribution in [0.3, 0.4) is 0 Å². The van der Waals surface area contributed by atoms with Crippen LogP contribution in [0.4, 0.5) is 10.5 Å². The van der Waals surface area contributed by atoms with Gasteiger partial charge in [-0.05, 0) is 24.6 Å². The van der Waals surface area contributed by atoms with Crippen molar-refractivity contribution >= 4 is 23.6 Å². The molecule has 0 bridgehead atoms. The van der Waals surface area contributed by atoms with E-state index in [0.29, 0.717) is 18.7 Å². The number of carbonyl (C=O) groups is 3. The van der Waals surface area contributed by atoms with Crippen LogP contribution in [0.5, 0.6) is 0 Å². The summed E-state index contributed by atoms with van der Waals surface area (Å²) < 4.78 is 0. The van der Waals surface area contributed by atoms with Crippen molar-refractivity contribution in [2.45, 2.75) is 13.3 Å². The quantitative estimate of drug-likeness (QED) is 0.737. The second kappa shape index (κ2) is 7.88. The van der Waals surface area contributed by atoms with Gasteiger partial charge in [0.05, 0.1) is 5.56 Å². The molecule has 0 fully saturated rings. The largest absolute Gasteiger partial charge is 0.478 e. The molecule has 0 heterocycles. The third kappa shape index (κ3) is 5.13. The molecule has 1 aromatic carbocycles. The highest BCUT2D eigenvalue weighted by Gasteiger charge is 2.16. The van der Waals surface area contributed by atoms with Crippen LogP contribution in [-0.4, -0.2) is 48.1 Å². The smallest absolute Gasteiger partial charge is 0.335 e. The normalized spacial score (nSPS) is 9.81. The maximum atomic E-state index is 12.1. The van der Waals surface area contributed by atoms with Crippen molar-refractivity contribution in [2.75, 3.05) is 25.5 Å². The summed E-state index contributed by atoms with van der Waals surface area (Å²) in [6, 6.07) is 5.50. The lowest BCUT2D eigenvalue weighted by Gasteiger charge is -2.21. The second-order valence-electron chi connectivity index (χ2n) is 4.41. The molecule has 0 aliphatic rings. The molecule has 0 atom stereocenters. The Morgan fingerprint density at radius 3 is 2.57 bits per heavy atom. The molecule has 1 aromatic rings. The van der Waals surface area contributed by atoms with E-state index < -0.39 is 12.0 Å². The van der Waals surface area contributed by atoms with Crippen LogP contribution in [0.15, 0.2) is 24.3 Å². The summed E-state index contributed by atoms with van der Waals surface area (Å²) in [5.74, 6) is -1.33. The average molecular weight is 293 g/mol. The molecule has 0 aliphatic carbocycles. The zero-order valence-electron chi connectivity index (χ0n) is 12.0. The van der Waals surface area contributed by atoms with E-state index in [1.54, 1.807) is 12.1 Å². The highest BCUT2D eigenvalue weighted by molar-refractivity contribution is 5.94. The van der Waals surface area contributed by atoms with Crippen LogP contribution < -0.4 is 10.6 Å². The van der Waals surface area contributed by atoms with Crippen molar-refractivity contribution in [1.29, 1.82) is 0 Å². The molecule has 0 saturated heterocycles. The number of amides is 3. The molecule has 0 unspecified atom stereocenters. The van der Waals surface area contributed by atoms with Gasteiger partial charge in [0.2, 0.25) is 5.91 Å². The van der Waals surface area contributed by atoms with Gasteiger partial charge in [-0.25, -0.2) is 9.59 Å². The number of hydrogen-bond acceptors (Lipinski definition) is 3. The third-order valence-corrected chi connectivity index (χ3v) is 2.75. The summed E-state index contributed by atoms with van der Waals surface area (Å²) in [6.45, 7) is 2.28. The first-order chi connectivity index (χ1) is 9.97. The van der Waals surface area contributed by atoms with Gasteiger partial charge in [0.1, 0.15) is 6.54 Å². The fourth-order valence-corrected chi connectivity index (χ4v) is 1.71. The maximum absolute atomic E-state index is 12.1. The van der Waals surface area contributed by atoms with Crippen molar-refractivity contribution in [2.24, 2.45) is 0 Å². The van der Waals surface area contributed by atoms with Crippen molar-refractivity contribution in [1.82, 2.24) is 10.2 Å². The minimum atomic E-state index is -1.07. The fourth-order valence-electron chi connectivity index (χ4n) is 1.71. The van der Waals surface area contributed by atoms with Crippen LogP contribution in [-0.2, 0) is 4.79 Å². The zero-order chi connectivity index (χ0) is 15.8. The molecule has 0 saturated carbocycles. The number of anilines is 1. The molecule has 0 radical (unpaired) electrons. The number of benzene rings is 1. The lowest BCUT2D eigenvalue weighted by molar-refractivity contribution is -0.121. The molecule has 1 rings (SSSR count). The molecule has 21 heavy (non-hydrogen) atoms. The van der Waals surface area contributed by atoms with Crippen LogP contribution in [0.2, 0.25) is 0 Å². The number of carboxylic acid groups (broad SMARTS) is 1. The van der Waals surface area contributed by atoms with E-state index in [9.17, 15) is 14.4 Å². The van der Waals surface area contributed by atoms with Crippen LogP contribution in [0.25, 0.3) is 0 Å². The SMILES string of the molecule is CCCN(CC(=O)NC)C(=O)Nc1cccc(C(=O)O)c1. The standard InChI is InChI=1S/C14H19N3O4/c1-3-7-17(9-12(18)15-2)14(21)16-11-6-4-5-10(8-11)13(19)20/h4-6,8H,3,7,9H2,1-2H3,(H,15,18)(H,16,21)(H,19,20). The van der Waals surface area contributed by atoms with Crippen molar-refractivity contribution in [3.05, 3.63) is 29.8 Å². The summed E-state index contributed by atoms with van der Waals surface area (Å²) >= 11 is 0. The predicted octanol–water partition coefficient (Wildman–Crippen LogP) is 1.37. The summed E-state index contributed by atoms with van der Waals surface area (Å²) in [7, 11) is 1.50. The minimum Gasteiger partial charge on any atom is -0.478 e. The monoisotopic (exact) mass is 293 g/mol. The van der Waals surface area contributed by atoms with Gasteiger partial charge in [-0.3, -0.25) is 4.79 Å². The van der Waals surface area contributed by atoms with Gasteiger partial charge in [-0.2, -0.15) is 0 Å². The third-order valence-electron chi connectivity index (χ3n) is 2.75. The molecule has 3 amide bonds. The first kappa shape index (κ1) is 16.5. The van der Waals surface area contributed by atoms with Gasteiger partial charge < -0.3 is 20.6 Å². The predicted molar refractivity (Wildman–Crippen MR) is 78.4 cm³/mol. The summed E-state index contributed by atoms with van der Waals surface area (Å²) in [5.41, 5.74) is 0.457. The Labute approximate surface area is 122 Å². The Hall–Kier alpha value is -2.57. The Balaban J connectivity index is 2.78. The highest BCUT2D eigenvalue weighted by atomic mass is 16.4. The zero-order valence-corrected chi connectivity index (χ0v) is 12.0. The van der Waals surface area contributed by atoms with Gasteiger partial charge >= 0.3 is 12.0 Å². The summed E-state index contributed by atoms with van der Waals surface area (Å²) in [6.07, 6.45) is 0.708. The lowest BCUT2D eigenvalue weighted by atomic mass is 10.2. The molecule has 3 N–H and O–H groups in total. The van der Waals surface area contributed by atoms with E-state index in [1.807, 2.05) is 6.92 Å². The molecule has 0 spiro atoms. The van der Waals surface area contributed by atoms with Crippen LogP contribution in [0.1, 0.15) is 23.7 Å². The lowest BCUT2D eigenvalue weighted by Crippen LogP contribution is -2.42. The average Bonchev–Trinajstić information content (AvgIpc) is 2.46. The van der Waals surface area contributed by atoms with Gasteiger partial charge in [0, 0.05) is 19.3 Å². The van der Waals surface area contributed by atoms with Crippen molar-refractivity contribution < 1.29 is 19.5 Å². The summed E-state index contributed by atoms with van der Waals surface area (Å²) in [4.78, 5) is 35.8. The fraction of sp³-hybridized carbons (Fsp3) is 0.357. The van der Waals surface area contributed by atoms with E-state index in [4.69, 9.17) is 5.11 Å². The van der Waals surface area contributed by atoms with E-state index in [1.165, 1.54) is 24.1 Å². The molecular formula is C14H19N3O4. The van der Waals surface area contributed by atoms with Crippen molar-refractivity contribution in [3.63, 3.8) is 0 Å². The molecule has 0 aromatic heterocycles. The number of rotatable bonds is 6. The molecule has 0 aliphatic heterocycles. The maximum Gasteiger partial charge on any atom is 0.335 e. The number of likely N-dealkylation sites (N-methyl/N-ethyl adjacent to an activating group) is 1. The molecular weight excluding hydrogens is 274 g/mol. The van der Waals surface area contributed by atoms with Crippen LogP contribution in [0, 0.1) is 0 Å². The van der Waals surface area contributed by atoms with Gasteiger partial charge in [-0.1, -0.05) is 13.0 Å². The van der Waals surface area contributed by atoms with E-state index >= 15 is 0 Å². The molecule has 114 valence electrons. The second-order valence-corrected chi connectivity index (χ2v) is 4.41. The van der Waals surface area contributed by atoms with E-state index in [0.717, 1.165) is 0 Å². The number of hydrogen-bond donors (Lipinski definition) is 3. The first-order valence-electron chi connectivity index (χ1n) is 6.57. The number of urea groups is 1. The number of nitrogens with one attached hydrogen (secondary N) is 2. The molecule has 7 nitrogen and oxygen atoms in total. The first-order valence-corrected chi connectivity index (χ1v) is 6.57. The minimum absolute atomic E-state index is 0.0468. The number of carboxylic acids is 1. The van der Waals surface area contributed by atoms with Gasteiger partial charge in [-0.15, -0.1) is 0 Å². The Morgan fingerprint density at radius 1 is 1.29 bits per heavy atom.